The second-order valence-corrected chi connectivity index (χ2v) is 3.00. The van der Waals surface area contributed by atoms with Gasteiger partial charge in [-0.25, -0.2) is 0 Å². The van der Waals surface area contributed by atoms with Crippen LogP contribution in [0.15, 0.2) is 18.2 Å². The first-order chi connectivity index (χ1) is 8.80. The van der Waals surface area contributed by atoms with E-state index in [0.717, 1.165) is 24.6 Å². The molecule has 0 saturated heterocycles. The quantitative estimate of drug-likeness (QED) is 0.866. The molecular weight excluding hydrogens is 226 g/mol. The molecule has 0 heterocycles. The fourth-order valence-electron chi connectivity index (χ4n) is 1.24. The Kier molecular flexibility index (Phi) is 14.7. The molecule has 106 valence electrons. The lowest BCUT2D eigenvalue weighted by Crippen LogP contribution is -2.11. The van der Waals surface area contributed by atoms with Gasteiger partial charge in [-0.05, 0) is 24.2 Å². The molecule has 1 rings (SSSR count). The predicted molar refractivity (Wildman–Crippen MR) is 79.6 cm³/mol. The van der Waals surface area contributed by atoms with Gasteiger partial charge in [-0.15, -0.1) is 0 Å². The number of hydrogen-bond acceptors (Lipinski definition) is 3. The summed E-state index contributed by atoms with van der Waals surface area (Å²) in [5.41, 5.74) is 1.17. The van der Waals surface area contributed by atoms with E-state index in [0.29, 0.717) is 0 Å². The fraction of sp³-hybridized carbons (Fsp3) is 0.600. The smallest absolute Gasteiger partial charge is 0.122 e. The number of hydrogen-bond donors (Lipinski definition) is 1. The van der Waals surface area contributed by atoms with Gasteiger partial charge in [0, 0.05) is 12.6 Å². The van der Waals surface area contributed by atoms with Crippen molar-refractivity contribution < 1.29 is 9.47 Å². The summed E-state index contributed by atoms with van der Waals surface area (Å²) in [5, 5.41) is 3.26. The maximum atomic E-state index is 5.17. The monoisotopic (exact) mass is 255 g/mol. The van der Waals surface area contributed by atoms with E-state index in [2.05, 4.69) is 12.2 Å². The maximum Gasteiger partial charge on any atom is 0.122 e. The van der Waals surface area contributed by atoms with E-state index in [1.165, 1.54) is 5.56 Å². The molecule has 0 fully saturated rings. The van der Waals surface area contributed by atoms with E-state index in [4.69, 9.17) is 9.47 Å². The van der Waals surface area contributed by atoms with Crippen LogP contribution in [-0.2, 0) is 6.54 Å². The third-order valence-corrected chi connectivity index (χ3v) is 1.99. The van der Waals surface area contributed by atoms with Crippen LogP contribution in [-0.4, -0.2) is 20.8 Å². The maximum absolute atomic E-state index is 5.17. The Morgan fingerprint density at radius 3 is 1.67 bits per heavy atom. The van der Waals surface area contributed by atoms with Crippen molar-refractivity contribution in [1.82, 2.24) is 5.32 Å². The summed E-state index contributed by atoms with van der Waals surface area (Å²) < 4.78 is 10.3. The Bertz CT molecular complexity index is 266. The topological polar surface area (TPSA) is 30.5 Å². The Hall–Kier alpha value is -1.22. The van der Waals surface area contributed by atoms with Crippen molar-refractivity contribution in [2.45, 2.75) is 41.2 Å². The van der Waals surface area contributed by atoms with Crippen molar-refractivity contribution in [3.8, 4) is 11.5 Å². The third kappa shape index (κ3) is 7.96. The van der Waals surface area contributed by atoms with E-state index in [-0.39, 0.29) is 0 Å². The standard InChI is InChI=1S/C11H17NO2.2C2H6/c1-4-12-8-9-5-10(13-2)7-11(6-9)14-3;2*1-2/h5-7,12H,4,8H2,1-3H3;2*1-2H3. The second kappa shape index (κ2) is 13.8. The largest absolute Gasteiger partial charge is 0.497 e. The zero-order valence-corrected chi connectivity index (χ0v) is 13.0. The number of methoxy groups -OCH3 is 2. The highest BCUT2D eigenvalue weighted by atomic mass is 16.5. The van der Waals surface area contributed by atoms with E-state index in [9.17, 15) is 0 Å². The summed E-state index contributed by atoms with van der Waals surface area (Å²) >= 11 is 0. The first-order valence-corrected chi connectivity index (χ1v) is 6.72. The number of rotatable bonds is 5. The van der Waals surface area contributed by atoms with Gasteiger partial charge in [0.25, 0.3) is 0 Å². The van der Waals surface area contributed by atoms with Crippen molar-refractivity contribution >= 4 is 0 Å². The highest BCUT2D eigenvalue weighted by Crippen LogP contribution is 2.22. The van der Waals surface area contributed by atoms with Crippen molar-refractivity contribution in [3.63, 3.8) is 0 Å². The van der Waals surface area contributed by atoms with Crippen molar-refractivity contribution in [3.05, 3.63) is 23.8 Å². The molecule has 3 heteroatoms. The predicted octanol–water partition coefficient (Wildman–Crippen LogP) is 3.87. The fourth-order valence-corrected chi connectivity index (χ4v) is 1.24. The highest BCUT2D eigenvalue weighted by molar-refractivity contribution is 5.38. The molecule has 0 aromatic heterocycles. The van der Waals surface area contributed by atoms with Crippen LogP contribution in [0.3, 0.4) is 0 Å². The minimum absolute atomic E-state index is 0.831. The second-order valence-electron chi connectivity index (χ2n) is 3.00. The summed E-state index contributed by atoms with van der Waals surface area (Å²) in [7, 11) is 3.32. The van der Waals surface area contributed by atoms with E-state index < -0.39 is 0 Å². The van der Waals surface area contributed by atoms with Crippen LogP contribution < -0.4 is 14.8 Å². The SMILES string of the molecule is CC.CC.CCNCc1cc(OC)cc(OC)c1. The molecule has 1 N–H and O–H groups in total. The molecule has 1 aromatic carbocycles. The molecule has 0 atom stereocenters. The van der Waals surface area contributed by atoms with Gasteiger partial charge in [-0.2, -0.15) is 0 Å². The summed E-state index contributed by atoms with van der Waals surface area (Å²) in [6, 6.07) is 5.88. The van der Waals surface area contributed by atoms with Crippen molar-refractivity contribution in [2.24, 2.45) is 0 Å². The van der Waals surface area contributed by atoms with Crippen LogP contribution in [0.5, 0.6) is 11.5 Å². The molecule has 0 bridgehead atoms. The van der Waals surface area contributed by atoms with Crippen LogP contribution >= 0.6 is 0 Å². The molecule has 1 aromatic rings. The Labute approximate surface area is 113 Å². The van der Waals surface area contributed by atoms with Crippen molar-refractivity contribution in [1.29, 1.82) is 0 Å². The van der Waals surface area contributed by atoms with Crippen LogP contribution in [0.1, 0.15) is 40.2 Å². The lowest BCUT2D eigenvalue weighted by Gasteiger charge is -2.08. The first kappa shape index (κ1) is 19.1. The summed E-state index contributed by atoms with van der Waals surface area (Å²) in [6.07, 6.45) is 0. The van der Waals surface area contributed by atoms with Crippen molar-refractivity contribution in [2.75, 3.05) is 20.8 Å². The van der Waals surface area contributed by atoms with Gasteiger partial charge in [0.1, 0.15) is 11.5 Å². The van der Waals surface area contributed by atoms with Crippen LogP contribution in [0.2, 0.25) is 0 Å². The van der Waals surface area contributed by atoms with E-state index >= 15 is 0 Å². The zero-order chi connectivity index (χ0) is 14.4. The molecule has 0 spiro atoms. The van der Waals surface area contributed by atoms with Crippen LogP contribution in [0.4, 0.5) is 0 Å². The van der Waals surface area contributed by atoms with Gasteiger partial charge in [0.05, 0.1) is 14.2 Å². The number of benzene rings is 1. The molecule has 0 unspecified atom stereocenters. The van der Waals surface area contributed by atoms with Gasteiger partial charge < -0.3 is 14.8 Å². The Balaban J connectivity index is 0. The highest BCUT2D eigenvalue weighted by Gasteiger charge is 2.00. The minimum Gasteiger partial charge on any atom is -0.497 e. The third-order valence-electron chi connectivity index (χ3n) is 1.99. The van der Waals surface area contributed by atoms with E-state index in [1.807, 2.05) is 45.9 Å². The molecule has 0 aliphatic heterocycles. The summed E-state index contributed by atoms with van der Waals surface area (Å²) in [4.78, 5) is 0. The molecule has 0 saturated carbocycles. The molecule has 0 aliphatic carbocycles. The lowest BCUT2D eigenvalue weighted by atomic mass is 10.2. The van der Waals surface area contributed by atoms with Crippen LogP contribution in [0, 0.1) is 0 Å². The summed E-state index contributed by atoms with van der Waals surface area (Å²) in [6.45, 7) is 11.9. The number of ether oxygens (including phenoxy) is 2. The average molecular weight is 255 g/mol. The molecule has 0 amide bonds. The van der Waals surface area contributed by atoms with E-state index in [1.54, 1.807) is 14.2 Å². The number of nitrogens with one attached hydrogen (secondary N) is 1. The zero-order valence-electron chi connectivity index (χ0n) is 13.0. The van der Waals surface area contributed by atoms with Gasteiger partial charge in [0.2, 0.25) is 0 Å². The molecular formula is C15H29NO2. The Morgan fingerprint density at radius 2 is 1.33 bits per heavy atom. The van der Waals surface area contributed by atoms with Gasteiger partial charge >= 0.3 is 0 Å². The Morgan fingerprint density at radius 1 is 0.889 bits per heavy atom. The summed E-state index contributed by atoms with van der Waals surface area (Å²) in [5.74, 6) is 1.66. The molecule has 0 radical (unpaired) electrons. The van der Waals surface area contributed by atoms with Crippen LogP contribution in [0.25, 0.3) is 0 Å². The normalized spacial score (nSPS) is 8.39. The lowest BCUT2D eigenvalue weighted by molar-refractivity contribution is 0.393. The van der Waals surface area contributed by atoms with Gasteiger partial charge in [-0.1, -0.05) is 34.6 Å². The van der Waals surface area contributed by atoms with Gasteiger partial charge in [0.15, 0.2) is 0 Å². The first-order valence-electron chi connectivity index (χ1n) is 6.72. The molecule has 3 nitrogen and oxygen atoms in total. The van der Waals surface area contributed by atoms with Gasteiger partial charge in [-0.3, -0.25) is 0 Å². The minimum atomic E-state index is 0.831. The molecule has 0 aliphatic rings. The average Bonchev–Trinajstić information content (AvgIpc) is 2.48. The molecule has 18 heavy (non-hydrogen) atoms.